The molecule has 2 amide bonds. The molecular weight excluding hydrogens is 356 g/mol. The molecule has 1 aromatic carbocycles. The molecule has 1 aliphatic rings. The van der Waals surface area contributed by atoms with Crippen LogP contribution in [0.25, 0.3) is 11.3 Å². The monoisotopic (exact) mass is 378 g/mol. The van der Waals surface area contributed by atoms with E-state index in [0.717, 1.165) is 17.7 Å². The van der Waals surface area contributed by atoms with Gasteiger partial charge in [0.15, 0.2) is 5.76 Å². The molecular formula is C21H22N4O3. The van der Waals surface area contributed by atoms with Crippen LogP contribution in [-0.2, 0) is 7.05 Å². The summed E-state index contributed by atoms with van der Waals surface area (Å²) in [6, 6.07) is 15.0. The zero-order valence-electron chi connectivity index (χ0n) is 15.7. The molecule has 3 aromatic rings. The summed E-state index contributed by atoms with van der Waals surface area (Å²) in [7, 11) is 1.78. The van der Waals surface area contributed by atoms with Gasteiger partial charge in [0.05, 0.1) is 12.0 Å². The number of carbonyl (C=O) groups excluding carboxylic acids is 2. The molecule has 28 heavy (non-hydrogen) atoms. The maximum Gasteiger partial charge on any atom is 0.289 e. The quantitative estimate of drug-likeness (QED) is 0.702. The first-order valence-corrected chi connectivity index (χ1v) is 9.35. The van der Waals surface area contributed by atoms with E-state index in [1.54, 1.807) is 33.7 Å². The van der Waals surface area contributed by atoms with Gasteiger partial charge in [-0.05, 0) is 24.6 Å². The van der Waals surface area contributed by atoms with Crippen molar-refractivity contribution >= 4 is 11.8 Å². The van der Waals surface area contributed by atoms with Crippen molar-refractivity contribution in [2.75, 3.05) is 26.2 Å². The smallest absolute Gasteiger partial charge is 0.289 e. The second-order valence-corrected chi connectivity index (χ2v) is 6.82. The van der Waals surface area contributed by atoms with E-state index in [0.29, 0.717) is 37.6 Å². The van der Waals surface area contributed by atoms with Crippen LogP contribution in [0.2, 0.25) is 0 Å². The lowest BCUT2D eigenvalue weighted by Crippen LogP contribution is -2.37. The van der Waals surface area contributed by atoms with Crippen LogP contribution in [-0.4, -0.2) is 57.6 Å². The number of aryl methyl sites for hydroxylation is 1. The largest absolute Gasteiger partial charge is 0.459 e. The van der Waals surface area contributed by atoms with Crippen molar-refractivity contribution in [3.63, 3.8) is 0 Å². The fourth-order valence-corrected chi connectivity index (χ4v) is 3.46. The topological polar surface area (TPSA) is 71.6 Å². The molecule has 0 N–H and O–H groups in total. The Morgan fingerprint density at radius 1 is 0.929 bits per heavy atom. The third kappa shape index (κ3) is 3.55. The lowest BCUT2D eigenvalue weighted by Gasteiger charge is -2.21. The van der Waals surface area contributed by atoms with E-state index in [4.69, 9.17) is 4.42 Å². The van der Waals surface area contributed by atoms with Crippen molar-refractivity contribution in [1.82, 2.24) is 19.6 Å². The molecule has 0 spiro atoms. The summed E-state index contributed by atoms with van der Waals surface area (Å²) >= 11 is 0. The number of carbonyl (C=O) groups is 2. The van der Waals surface area contributed by atoms with E-state index >= 15 is 0 Å². The summed E-state index contributed by atoms with van der Waals surface area (Å²) in [5, 5.41) is 4.49. The van der Waals surface area contributed by atoms with Crippen molar-refractivity contribution in [3.05, 3.63) is 66.2 Å². The van der Waals surface area contributed by atoms with Crippen molar-refractivity contribution in [3.8, 4) is 11.3 Å². The molecule has 0 aliphatic carbocycles. The predicted molar refractivity (Wildman–Crippen MR) is 104 cm³/mol. The highest BCUT2D eigenvalue weighted by Crippen LogP contribution is 2.20. The van der Waals surface area contributed by atoms with Crippen LogP contribution in [0, 0.1) is 0 Å². The molecule has 2 aromatic heterocycles. The third-order valence-corrected chi connectivity index (χ3v) is 4.97. The minimum Gasteiger partial charge on any atom is -0.459 e. The normalized spacial score (nSPS) is 14.8. The van der Waals surface area contributed by atoms with E-state index in [2.05, 4.69) is 5.10 Å². The average Bonchev–Trinajstić information content (AvgIpc) is 3.32. The van der Waals surface area contributed by atoms with Crippen LogP contribution in [0.5, 0.6) is 0 Å². The van der Waals surface area contributed by atoms with Crippen LogP contribution >= 0.6 is 0 Å². The molecule has 1 saturated heterocycles. The Kier molecular flexibility index (Phi) is 4.97. The Hall–Kier alpha value is -3.35. The van der Waals surface area contributed by atoms with Gasteiger partial charge in [-0.2, -0.15) is 5.10 Å². The Morgan fingerprint density at radius 2 is 1.64 bits per heavy atom. The number of benzene rings is 1. The van der Waals surface area contributed by atoms with Crippen LogP contribution in [0.4, 0.5) is 0 Å². The Bertz CT molecular complexity index is 963. The second-order valence-electron chi connectivity index (χ2n) is 6.82. The van der Waals surface area contributed by atoms with Gasteiger partial charge in [-0.3, -0.25) is 14.3 Å². The number of aromatic nitrogens is 2. The molecule has 0 unspecified atom stereocenters. The van der Waals surface area contributed by atoms with Gasteiger partial charge in [-0.25, -0.2) is 0 Å². The summed E-state index contributed by atoms with van der Waals surface area (Å²) in [4.78, 5) is 29.1. The predicted octanol–water partition coefficient (Wildman–Crippen LogP) is 2.67. The van der Waals surface area contributed by atoms with E-state index in [1.165, 1.54) is 6.26 Å². The number of furan rings is 1. The van der Waals surface area contributed by atoms with Crippen LogP contribution in [0.3, 0.4) is 0 Å². The lowest BCUT2D eigenvalue weighted by atomic mass is 10.1. The van der Waals surface area contributed by atoms with E-state index < -0.39 is 0 Å². The van der Waals surface area contributed by atoms with Gasteiger partial charge < -0.3 is 14.2 Å². The lowest BCUT2D eigenvalue weighted by molar-refractivity contribution is 0.0696. The van der Waals surface area contributed by atoms with E-state index in [1.807, 2.05) is 36.4 Å². The number of rotatable bonds is 3. The van der Waals surface area contributed by atoms with E-state index in [9.17, 15) is 9.59 Å². The highest BCUT2D eigenvalue weighted by molar-refractivity contribution is 5.94. The first-order chi connectivity index (χ1) is 13.6. The standard InChI is InChI=1S/C21H22N4O3/c1-23-18(15-17(22-23)16-7-3-2-4-8-16)20(26)24-10-6-11-25(13-12-24)21(27)19-9-5-14-28-19/h2-5,7-9,14-15H,6,10-13H2,1H3. The molecule has 3 heterocycles. The molecule has 7 heteroatoms. The summed E-state index contributed by atoms with van der Waals surface area (Å²) in [5.41, 5.74) is 2.30. The number of hydrogen-bond acceptors (Lipinski definition) is 4. The van der Waals surface area contributed by atoms with Crippen LogP contribution < -0.4 is 0 Å². The maximum absolute atomic E-state index is 13.1. The molecule has 1 fully saturated rings. The zero-order chi connectivity index (χ0) is 19.5. The molecule has 1 aliphatic heterocycles. The molecule has 0 atom stereocenters. The van der Waals surface area contributed by atoms with Gasteiger partial charge in [-0.15, -0.1) is 0 Å². The minimum absolute atomic E-state index is 0.0653. The molecule has 7 nitrogen and oxygen atoms in total. The minimum atomic E-state index is -0.133. The summed E-state index contributed by atoms with van der Waals surface area (Å²) in [6.07, 6.45) is 2.22. The number of hydrogen-bond donors (Lipinski definition) is 0. The first-order valence-electron chi connectivity index (χ1n) is 9.35. The molecule has 4 rings (SSSR count). The highest BCUT2D eigenvalue weighted by Gasteiger charge is 2.26. The molecule has 0 saturated carbocycles. The maximum atomic E-state index is 13.1. The van der Waals surface area contributed by atoms with Gasteiger partial charge in [0.25, 0.3) is 11.8 Å². The van der Waals surface area contributed by atoms with E-state index in [-0.39, 0.29) is 11.8 Å². The van der Waals surface area contributed by atoms with Gasteiger partial charge in [0.1, 0.15) is 5.69 Å². The van der Waals surface area contributed by atoms with Crippen molar-refractivity contribution in [2.24, 2.45) is 7.05 Å². The second kappa shape index (κ2) is 7.72. The van der Waals surface area contributed by atoms with Gasteiger partial charge in [0.2, 0.25) is 0 Å². The molecule has 144 valence electrons. The highest BCUT2D eigenvalue weighted by atomic mass is 16.3. The number of nitrogens with zero attached hydrogens (tertiary/aromatic N) is 4. The molecule has 0 radical (unpaired) electrons. The van der Waals surface area contributed by atoms with Crippen molar-refractivity contribution in [2.45, 2.75) is 6.42 Å². The SMILES string of the molecule is Cn1nc(-c2ccccc2)cc1C(=O)N1CCCN(C(=O)c2ccco2)CC1. The summed E-state index contributed by atoms with van der Waals surface area (Å²) in [5.74, 6) is 0.134. The zero-order valence-corrected chi connectivity index (χ0v) is 15.7. The number of amides is 2. The fourth-order valence-electron chi connectivity index (χ4n) is 3.46. The molecule has 0 bridgehead atoms. The Labute approximate surface area is 163 Å². The van der Waals surface area contributed by atoms with Gasteiger partial charge in [0, 0.05) is 38.8 Å². The third-order valence-electron chi connectivity index (χ3n) is 4.97. The Morgan fingerprint density at radius 3 is 2.32 bits per heavy atom. The first kappa shape index (κ1) is 18.0. The van der Waals surface area contributed by atoms with Crippen molar-refractivity contribution < 1.29 is 14.0 Å². The van der Waals surface area contributed by atoms with Gasteiger partial charge in [-0.1, -0.05) is 30.3 Å². The summed E-state index contributed by atoms with van der Waals surface area (Å²) < 4.78 is 6.84. The Balaban J connectivity index is 1.47. The van der Waals surface area contributed by atoms with Crippen molar-refractivity contribution in [1.29, 1.82) is 0 Å². The van der Waals surface area contributed by atoms with Crippen LogP contribution in [0.1, 0.15) is 27.5 Å². The fraction of sp³-hybridized carbons (Fsp3) is 0.286. The van der Waals surface area contributed by atoms with Crippen LogP contribution in [0.15, 0.2) is 59.2 Å². The summed E-state index contributed by atoms with van der Waals surface area (Å²) in [6.45, 7) is 2.17. The average molecular weight is 378 g/mol. The van der Waals surface area contributed by atoms with Gasteiger partial charge >= 0.3 is 0 Å².